The van der Waals surface area contributed by atoms with Crippen LogP contribution in [0.15, 0.2) is 30.6 Å². The van der Waals surface area contributed by atoms with Gasteiger partial charge in [0.15, 0.2) is 0 Å². The Bertz CT molecular complexity index is 551. The van der Waals surface area contributed by atoms with Crippen molar-refractivity contribution in [3.05, 3.63) is 53.4 Å². The molecule has 0 saturated carbocycles. The van der Waals surface area contributed by atoms with E-state index in [4.69, 9.17) is 0 Å². The number of benzene rings is 1. The smallest absolute Gasteiger partial charge is 0.254 e. The molecular formula is C13H14FN3O. The molecule has 2 N–H and O–H groups in total. The van der Waals surface area contributed by atoms with Gasteiger partial charge in [-0.25, -0.2) is 9.37 Å². The predicted octanol–water partition coefficient (Wildman–Crippen LogP) is 2.35. The fraction of sp³-hybridized carbons (Fsp3) is 0.231. The van der Waals surface area contributed by atoms with Gasteiger partial charge in [-0.05, 0) is 25.5 Å². The van der Waals surface area contributed by atoms with Crippen LogP contribution >= 0.6 is 0 Å². The molecule has 1 atom stereocenters. The van der Waals surface area contributed by atoms with Crippen LogP contribution in [0.25, 0.3) is 0 Å². The SMILES string of the molecule is Cc1cccc(C(=O)NC(C)c2ncc[nH]2)c1F. The molecule has 0 saturated heterocycles. The van der Waals surface area contributed by atoms with Crippen molar-refractivity contribution in [2.45, 2.75) is 19.9 Å². The number of rotatable bonds is 3. The first kappa shape index (κ1) is 12.3. The highest BCUT2D eigenvalue weighted by atomic mass is 19.1. The van der Waals surface area contributed by atoms with Crippen molar-refractivity contribution in [2.75, 3.05) is 0 Å². The molecule has 1 heterocycles. The van der Waals surface area contributed by atoms with E-state index in [1.165, 1.54) is 6.07 Å². The Labute approximate surface area is 104 Å². The Morgan fingerprint density at radius 2 is 2.28 bits per heavy atom. The average molecular weight is 247 g/mol. The molecule has 1 aromatic carbocycles. The lowest BCUT2D eigenvalue weighted by molar-refractivity contribution is 0.0934. The maximum atomic E-state index is 13.8. The first-order valence-electron chi connectivity index (χ1n) is 5.65. The van der Waals surface area contributed by atoms with Gasteiger partial charge < -0.3 is 10.3 Å². The maximum Gasteiger partial charge on any atom is 0.254 e. The molecule has 4 nitrogen and oxygen atoms in total. The van der Waals surface area contributed by atoms with E-state index < -0.39 is 11.7 Å². The summed E-state index contributed by atoms with van der Waals surface area (Å²) in [6.45, 7) is 3.41. The Hall–Kier alpha value is -2.17. The number of nitrogens with zero attached hydrogens (tertiary/aromatic N) is 1. The second-order valence-corrected chi connectivity index (χ2v) is 4.11. The van der Waals surface area contributed by atoms with Crippen LogP contribution in [-0.4, -0.2) is 15.9 Å². The molecule has 1 unspecified atom stereocenters. The molecule has 0 aliphatic carbocycles. The van der Waals surface area contributed by atoms with Gasteiger partial charge in [0, 0.05) is 12.4 Å². The molecule has 2 rings (SSSR count). The third-order valence-electron chi connectivity index (χ3n) is 2.71. The number of imidazole rings is 1. The van der Waals surface area contributed by atoms with Gasteiger partial charge in [-0.15, -0.1) is 0 Å². The highest BCUT2D eigenvalue weighted by Gasteiger charge is 2.16. The fourth-order valence-electron chi connectivity index (χ4n) is 1.68. The van der Waals surface area contributed by atoms with Crippen molar-refractivity contribution in [3.8, 4) is 0 Å². The van der Waals surface area contributed by atoms with E-state index in [-0.39, 0.29) is 11.6 Å². The number of carbonyl (C=O) groups is 1. The van der Waals surface area contributed by atoms with Crippen LogP contribution in [0.1, 0.15) is 34.7 Å². The van der Waals surface area contributed by atoms with Gasteiger partial charge in [0.25, 0.3) is 5.91 Å². The van der Waals surface area contributed by atoms with E-state index in [0.717, 1.165) is 0 Å². The van der Waals surface area contributed by atoms with Crippen molar-refractivity contribution in [2.24, 2.45) is 0 Å². The zero-order chi connectivity index (χ0) is 13.1. The van der Waals surface area contributed by atoms with Crippen molar-refractivity contribution in [1.29, 1.82) is 0 Å². The molecule has 2 aromatic rings. The van der Waals surface area contributed by atoms with Crippen molar-refractivity contribution in [3.63, 3.8) is 0 Å². The van der Waals surface area contributed by atoms with Crippen molar-refractivity contribution >= 4 is 5.91 Å². The zero-order valence-corrected chi connectivity index (χ0v) is 10.2. The van der Waals surface area contributed by atoms with E-state index in [1.54, 1.807) is 38.4 Å². The van der Waals surface area contributed by atoms with Crippen LogP contribution < -0.4 is 5.32 Å². The lowest BCUT2D eigenvalue weighted by Gasteiger charge is -2.12. The van der Waals surface area contributed by atoms with Crippen molar-refractivity contribution < 1.29 is 9.18 Å². The fourth-order valence-corrected chi connectivity index (χ4v) is 1.68. The van der Waals surface area contributed by atoms with E-state index in [2.05, 4.69) is 15.3 Å². The molecule has 0 aliphatic rings. The minimum absolute atomic E-state index is 0.0495. The first-order chi connectivity index (χ1) is 8.59. The summed E-state index contributed by atoms with van der Waals surface area (Å²) < 4.78 is 13.8. The second-order valence-electron chi connectivity index (χ2n) is 4.11. The molecule has 5 heteroatoms. The number of aryl methyl sites for hydroxylation is 1. The molecule has 1 aromatic heterocycles. The molecule has 0 fully saturated rings. The Kier molecular flexibility index (Phi) is 3.41. The summed E-state index contributed by atoms with van der Waals surface area (Å²) in [7, 11) is 0. The number of halogens is 1. The summed E-state index contributed by atoms with van der Waals surface area (Å²) in [6.07, 6.45) is 3.27. The third-order valence-corrected chi connectivity index (χ3v) is 2.71. The zero-order valence-electron chi connectivity index (χ0n) is 10.2. The number of carbonyl (C=O) groups excluding carboxylic acids is 1. The van der Waals surface area contributed by atoms with E-state index in [9.17, 15) is 9.18 Å². The number of aromatic amines is 1. The summed E-state index contributed by atoms with van der Waals surface area (Å²) in [6, 6.07) is 4.45. The van der Waals surface area contributed by atoms with E-state index in [0.29, 0.717) is 11.4 Å². The largest absolute Gasteiger partial charge is 0.347 e. The molecule has 94 valence electrons. The van der Waals surface area contributed by atoms with Crippen LogP contribution in [-0.2, 0) is 0 Å². The number of aromatic nitrogens is 2. The lowest BCUT2D eigenvalue weighted by atomic mass is 10.1. The molecular weight excluding hydrogens is 233 g/mol. The van der Waals surface area contributed by atoms with Gasteiger partial charge >= 0.3 is 0 Å². The van der Waals surface area contributed by atoms with Gasteiger partial charge in [0.1, 0.15) is 11.6 Å². The number of hydrogen-bond acceptors (Lipinski definition) is 2. The molecule has 18 heavy (non-hydrogen) atoms. The summed E-state index contributed by atoms with van der Waals surface area (Å²) in [4.78, 5) is 18.9. The second kappa shape index (κ2) is 5.00. The normalized spacial score (nSPS) is 12.2. The van der Waals surface area contributed by atoms with Crippen LogP contribution in [0, 0.1) is 12.7 Å². The highest BCUT2D eigenvalue weighted by molar-refractivity contribution is 5.94. The van der Waals surface area contributed by atoms with Crippen LogP contribution in [0.2, 0.25) is 0 Å². The number of hydrogen-bond donors (Lipinski definition) is 2. The molecule has 0 radical (unpaired) electrons. The van der Waals surface area contributed by atoms with Gasteiger partial charge in [0.05, 0.1) is 11.6 Å². The van der Waals surface area contributed by atoms with Crippen LogP contribution in [0.3, 0.4) is 0 Å². The summed E-state index contributed by atoms with van der Waals surface area (Å²) >= 11 is 0. The van der Waals surface area contributed by atoms with Crippen LogP contribution in [0.5, 0.6) is 0 Å². The lowest BCUT2D eigenvalue weighted by Crippen LogP contribution is -2.28. The number of H-pyrrole nitrogens is 1. The number of nitrogens with one attached hydrogen (secondary N) is 2. The summed E-state index contributed by atoms with van der Waals surface area (Å²) in [5.74, 6) is -0.293. The Balaban J connectivity index is 2.15. The monoisotopic (exact) mass is 247 g/mol. The maximum absolute atomic E-state index is 13.8. The molecule has 0 spiro atoms. The molecule has 0 bridgehead atoms. The number of amides is 1. The summed E-state index contributed by atoms with van der Waals surface area (Å²) in [5, 5.41) is 2.69. The highest BCUT2D eigenvalue weighted by Crippen LogP contribution is 2.13. The minimum Gasteiger partial charge on any atom is -0.347 e. The Morgan fingerprint density at radius 1 is 1.50 bits per heavy atom. The van der Waals surface area contributed by atoms with Crippen LogP contribution in [0.4, 0.5) is 4.39 Å². The van der Waals surface area contributed by atoms with Gasteiger partial charge in [-0.1, -0.05) is 12.1 Å². The first-order valence-corrected chi connectivity index (χ1v) is 5.65. The molecule has 0 aliphatic heterocycles. The third kappa shape index (κ3) is 2.40. The minimum atomic E-state index is -0.485. The summed E-state index contributed by atoms with van der Waals surface area (Å²) in [5.41, 5.74) is 0.502. The average Bonchev–Trinajstić information content (AvgIpc) is 2.86. The van der Waals surface area contributed by atoms with Gasteiger partial charge in [-0.3, -0.25) is 4.79 Å². The van der Waals surface area contributed by atoms with E-state index >= 15 is 0 Å². The molecule has 1 amide bonds. The van der Waals surface area contributed by atoms with E-state index in [1.807, 2.05) is 0 Å². The quantitative estimate of drug-likeness (QED) is 0.874. The van der Waals surface area contributed by atoms with Crippen molar-refractivity contribution in [1.82, 2.24) is 15.3 Å². The predicted molar refractivity (Wildman–Crippen MR) is 65.6 cm³/mol. The Morgan fingerprint density at radius 3 is 2.94 bits per heavy atom. The van der Waals surface area contributed by atoms with Gasteiger partial charge in [0.2, 0.25) is 0 Å². The van der Waals surface area contributed by atoms with Gasteiger partial charge in [-0.2, -0.15) is 0 Å². The standard InChI is InChI=1S/C13H14FN3O/c1-8-4-3-5-10(11(8)14)13(18)17-9(2)12-15-6-7-16-12/h3-7,9H,1-2H3,(H,15,16)(H,17,18). The topological polar surface area (TPSA) is 57.8 Å².